The first-order valence-corrected chi connectivity index (χ1v) is 8.99. The summed E-state index contributed by atoms with van der Waals surface area (Å²) in [6.07, 6.45) is 3.01. The molecule has 7 heteroatoms. The molecular formula is C21H18Cl2N2O3. The third kappa shape index (κ3) is 5.78. The van der Waals surface area contributed by atoms with Crippen molar-refractivity contribution in [2.75, 3.05) is 13.7 Å². The largest absolute Gasteiger partial charge is 0.493 e. The van der Waals surface area contributed by atoms with Gasteiger partial charge in [-0.15, -0.1) is 6.58 Å². The molecular weight excluding hydrogens is 399 g/mol. The highest BCUT2D eigenvalue weighted by Crippen LogP contribution is 2.31. The average Bonchev–Trinajstić information content (AvgIpc) is 2.69. The van der Waals surface area contributed by atoms with Gasteiger partial charge in [-0.2, -0.15) is 5.26 Å². The molecule has 2 rings (SSSR count). The number of nitrogens with zero attached hydrogens (tertiary/aromatic N) is 1. The quantitative estimate of drug-likeness (QED) is 0.381. The molecule has 2 aromatic carbocycles. The van der Waals surface area contributed by atoms with Crippen molar-refractivity contribution < 1.29 is 14.3 Å². The van der Waals surface area contributed by atoms with E-state index in [0.29, 0.717) is 27.1 Å². The fourth-order valence-corrected chi connectivity index (χ4v) is 2.73. The van der Waals surface area contributed by atoms with Gasteiger partial charge in [0, 0.05) is 22.2 Å². The van der Waals surface area contributed by atoms with Gasteiger partial charge in [0.05, 0.1) is 7.11 Å². The Morgan fingerprint density at radius 2 is 2.04 bits per heavy atom. The number of ether oxygens (including phenoxy) is 2. The van der Waals surface area contributed by atoms with E-state index in [-0.39, 0.29) is 18.7 Å². The fraction of sp³-hybridized carbons (Fsp3) is 0.143. The molecule has 0 aliphatic carbocycles. The maximum absolute atomic E-state index is 11.9. The number of amides is 1. The third-order valence-electron chi connectivity index (χ3n) is 3.67. The van der Waals surface area contributed by atoms with Gasteiger partial charge in [0.1, 0.15) is 18.2 Å². The number of rotatable bonds is 8. The van der Waals surface area contributed by atoms with Crippen molar-refractivity contribution in [3.05, 3.63) is 75.8 Å². The van der Waals surface area contributed by atoms with Crippen LogP contribution in [0.4, 0.5) is 0 Å². The zero-order valence-electron chi connectivity index (χ0n) is 15.2. The highest BCUT2D eigenvalue weighted by atomic mass is 35.5. The van der Waals surface area contributed by atoms with Crippen LogP contribution in [0, 0.1) is 11.3 Å². The Kier molecular flexibility index (Phi) is 7.94. The van der Waals surface area contributed by atoms with Gasteiger partial charge in [0.15, 0.2) is 11.5 Å². The van der Waals surface area contributed by atoms with Crippen LogP contribution in [0.15, 0.2) is 54.6 Å². The standard InChI is InChI=1S/C21H18Cl2N2O3/c1-3-8-25-21(26)16(12-24)9-14-4-7-19(20(10-14)27-2)28-13-15-5-6-17(22)11-18(15)23/h3-7,9-11H,1,8,13H2,2H3,(H,25,26)/b16-9+. The second-order valence-corrected chi connectivity index (χ2v) is 6.45. The van der Waals surface area contributed by atoms with Crippen LogP contribution in [0.25, 0.3) is 6.08 Å². The second-order valence-electron chi connectivity index (χ2n) is 5.60. The summed E-state index contributed by atoms with van der Waals surface area (Å²) in [5.41, 5.74) is 1.38. The molecule has 0 saturated carbocycles. The lowest BCUT2D eigenvalue weighted by Gasteiger charge is -2.12. The maximum Gasteiger partial charge on any atom is 0.262 e. The summed E-state index contributed by atoms with van der Waals surface area (Å²) in [5, 5.41) is 12.8. The van der Waals surface area contributed by atoms with E-state index in [1.807, 2.05) is 6.07 Å². The van der Waals surface area contributed by atoms with Crippen molar-refractivity contribution in [1.82, 2.24) is 5.32 Å². The summed E-state index contributed by atoms with van der Waals surface area (Å²) in [5.74, 6) is 0.488. The molecule has 1 amide bonds. The molecule has 0 unspecified atom stereocenters. The Hall–Kier alpha value is -2.94. The van der Waals surface area contributed by atoms with Gasteiger partial charge < -0.3 is 14.8 Å². The highest BCUT2D eigenvalue weighted by molar-refractivity contribution is 6.35. The van der Waals surface area contributed by atoms with E-state index in [0.717, 1.165) is 5.56 Å². The van der Waals surface area contributed by atoms with Gasteiger partial charge in [-0.25, -0.2) is 0 Å². The Balaban J connectivity index is 2.19. The molecule has 0 bridgehead atoms. The normalized spacial score (nSPS) is 10.7. The third-order valence-corrected chi connectivity index (χ3v) is 4.26. The molecule has 0 fully saturated rings. The SMILES string of the molecule is C=CCNC(=O)/C(C#N)=C/c1ccc(OCc2ccc(Cl)cc2Cl)c(OC)c1. The van der Waals surface area contributed by atoms with Crippen molar-refractivity contribution in [3.63, 3.8) is 0 Å². The highest BCUT2D eigenvalue weighted by Gasteiger charge is 2.11. The summed E-state index contributed by atoms with van der Waals surface area (Å²) in [6, 6.07) is 12.2. The maximum atomic E-state index is 11.9. The first kappa shape index (κ1) is 21.4. The van der Waals surface area contributed by atoms with Crippen LogP contribution >= 0.6 is 23.2 Å². The zero-order valence-corrected chi connectivity index (χ0v) is 16.7. The molecule has 0 atom stereocenters. The van der Waals surface area contributed by atoms with Crippen molar-refractivity contribution in [2.45, 2.75) is 6.61 Å². The molecule has 0 saturated heterocycles. The number of benzene rings is 2. The molecule has 0 aromatic heterocycles. The van der Waals surface area contributed by atoms with E-state index < -0.39 is 5.91 Å². The van der Waals surface area contributed by atoms with E-state index in [1.54, 1.807) is 36.4 Å². The molecule has 144 valence electrons. The lowest BCUT2D eigenvalue weighted by atomic mass is 10.1. The number of carbonyl (C=O) groups excluding carboxylic acids is 1. The predicted octanol–water partition coefficient (Wildman–Crippen LogP) is 4.79. The minimum Gasteiger partial charge on any atom is -0.493 e. The van der Waals surface area contributed by atoms with Crippen molar-refractivity contribution in [3.8, 4) is 17.6 Å². The van der Waals surface area contributed by atoms with Gasteiger partial charge in [-0.05, 0) is 35.9 Å². The van der Waals surface area contributed by atoms with Crippen LogP contribution < -0.4 is 14.8 Å². The van der Waals surface area contributed by atoms with Gasteiger partial charge in [0.25, 0.3) is 5.91 Å². The van der Waals surface area contributed by atoms with Crippen molar-refractivity contribution in [1.29, 1.82) is 5.26 Å². The van der Waals surface area contributed by atoms with Crippen molar-refractivity contribution in [2.24, 2.45) is 0 Å². The first-order chi connectivity index (χ1) is 13.5. The molecule has 1 N–H and O–H groups in total. The van der Waals surface area contributed by atoms with Crippen LogP contribution in [0.1, 0.15) is 11.1 Å². The van der Waals surface area contributed by atoms with E-state index in [4.69, 9.17) is 32.7 Å². The summed E-state index contributed by atoms with van der Waals surface area (Å²) >= 11 is 12.1. The molecule has 0 heterocycles. The summed E-state index contributed by atoms with van der Waals surface area (Å²) in [6.45, 7) is 4.03. The summed E-state index contributed by atoms with van der Waals surface area (Å²) in [7, 11) is 1.51. The molecule has 0 aliphatic heterocycles. The van der Waals surface area contributed by atoms with Gasteiger partial charge >= 0.3 is 0 Å². The Morgan fingerprint density at radius 3 is 2.68 bits per heavy atom. The van der Waals surface area contributed by atoms with Gasteiger partial charge in [-0.1, -0.05) is 41.4 Å². The Bertz CT molecular complexity index is 949. The van der Waals surface area contributed by atoms with Gasteiger partial charge in [0.2, 0.25) is 0 Å². The minimum absolute atomic E-state index is 0.0227. The number of hydrogen-bond acceptors (Lipinski definition) is 4. The van der Waals surface area contributed by atoms with Crippen molar-refractivity contribution >= 4 is 35.2 Å². The zero-order chi connectivity index (χ0) is 20.5. The lowest BCUT2D eigenvalue weighted by molar-refractivity contribution is -0.116. The molecule has 2 aromatic rings. The van der Waals surface area contributed by atoms with E-state index in [9.17, 15) is 10.1 Å². The lowest BCUT2D eigenvalue weighted by Crippen LogP contribution is -2.24. The monoisotopic (exact) mass is 416 g/mol. The molecule has 0 spiro atoms. The second kappa shape index (κ2) is 10.4. The minimum atomic E-state index is -0.473. The number of methoxy groups -OCH3 is 1. The van der Waals surface area contributed by atoms with Crippen LogP contribution in [-0.4, -0.2) is 19.6 Å². The average molecular weight is 417 g/mol. The number of nitrogens with one attached hydrogen (secondary N) is 1. The van der Waals surface area contributed by atoms with E-state index in [2.05, 4.69) is 11.9 Å². The molecule has 5 nitrogen and oxygen atoms in total. The summed E-state index contributed by atoms with van der Waals surface area (Å²) < 4.78 is 11.2. The Morgan fingerprint density at radius 1 is 1.25 bits per heavy atom. The predicted molar refractivity (Wildman–Crippen MR) is 111 cm³/mol. The number of hydrogen-bond donors (Lipinski definition) is 1. The number of carbonyl (C=O) groups is 1. The van der Waals surface area contributed by atoms with E-state index in [1.165, 1.54) is 19.3 Å². The van der Waals surface area contributed by atoms with Gasteiger partial charge in [-0.3, -0.25) is 4.79 Å². The molecule has 0 radical (unpaired) electrons. The van der Waals surface area contributed by atoms with E-state index >= 15 is 0 Å². The van der Waals surface area contributed by atoms with Crippen LogP contribution in [0.3, 0.4) is 0 Å². The topological polar surface area (TPSA) is 71.4 Å². The smallest absolute Gasteiger partial charge is 0.262 e. The number of halogens is 2. The fourth-order valence-electron chi connectivity index (χ4n) is 2.26. The molecule has 28 heavy (non-hydrogen) atoms. The Labute approximate surface area is 173 Å². The van der Waals surface area contributed by atoms with Crippen LogP contribution in [0.2, 0.25) is 10.0 Å². The molecule has 0 aliphatic rings. The summed E-state index contributed by atoms with van der Waals surface area (Å²) in [4.78, 5) is 11.9. The van der Waals surface area contributed by atoms with Crippen LogP contribution in [-0.2, 0) is 11.4 Å². The van der Waals surface area contributed by atoms with Crippen LogP contribution in [0.5, 0.6) is 11.5 Å². The number of nitriles is 1. The first-order valence-electron chi connectivity index (χ1n) is 8.24.